The van der Waals surface area contributed by atoms with Gasteiger partial charge in [-0.3, -0.25) is 5.10 Å². The summed E-state index contributed by atoms with van der Waals surface area (Å²) >= 11 is 0. The Morgan fingerprint density at radius 1 is 0.933 bits per heavy atom. The fraction of sp³-hybridized carbons (Fsp3) is 0.160. The van der Waals surface area contributed by atoms with E-state index in [2.05, 4.69) is 86.7 Å². The third kappa shape index (κ3) is 2.86. The van der Waals surface area contributed by atoms with E-state index >= 15 is 0 Å². The van der Waals surface area contributed by atoms with E-state index < -0.39 is 0 Å². The second-order valence-corrected chi connectivity index (χ2v) is 8.18. The molecule has 1 atom stereocenters. The van der Waals surface area contributed by atoms with Crippen molar-refractivity contribution in [2.45, 2.75) is 12.5 Å². The van der Waals surface area contributed by atoms with Crippen molar-refractivity contribution in [1.29, 1.82) is 0 Å². The Balaban J connectivity index is 1.43. The van der Waals surface area contributed by atoms with E-state index in [1.54, 1.807) is 6.33 Å². The van der Waals surface area contributed by atoms with Crippen molar-refractivity contribution in [3.05, 3.63) is 90.0 Å². The number of aromatic nitrogens is 4. The summed E-state index contributed by atoms with van der Waals surface area (Å²) in [6.07, 6.45) is 5.34. The van der Waals surface area contributed by atoms with Crippen LogP contribution in [-0.4, -0.2) is 38.7 Å². The largest absolute Gasteiger partial charge is 0.301 e. The second kappa shape index (κ2) is 6.75. The fourth-order valence-electron chi connectivity index (χ4n) is 4.64. The number of fused-ring (bicyclic) bond motifs is 3. The van der Waals surface area contributed by atoms with Gasteiger partial charge in [-0.05, 0) is 53.1 Å². The number of rotatable bonds is 2. The zero-order valence-corrected chi connectivity index (χ0v) is 16.7. The minimum atomic E-state index is 0.352. The van der Waals surface area contributed by atoms with Gasteiger partial charge in [-0.2, -0.15) is 5.10 Å². The van der Waals surface area contributed by atoms with Crippen LogP contribution >= 0.6 is 0 Å². The van der Waals surface area contributed by atoms with Crippen LogP contribution in [0.1, 0.15) is 22.6 Å². The normalized spacial score (nSPS) is 16.8. The van der Waals surface area contributed by atoms with Crippen LogP contribution in [0.4, 0.5) is 0 Å². The maximum absolute atomic E-state index is 4.41. The lowest BCUT2D eigenvalue weighted by atomic mass is 9.83. The highest BCUT2D eigenvalue weighted by molar-refractivity contribution is 5.83. The zero-order chi connectivity index (χ0) is 20.1. The van der Waals surface area contributed by atoms with Crippen LogP contribution in [0.25, 0.3) is 32.9 Å². The molecule has 0 aliphatic carbocycles. The SMILES string of the molecule is CN1Cc2cc(-c3ccc4cncnc4c3)ccc2C(c2ccc3cn[nH]c3c2)C1. The minimum absolute atomic E-state index is 0.352. The van der Waals surface area contributed by atoms with Gasteiger partial charge >= 0.3 is 0 Å². The van der Waals surface area contributed by atoms with Gasteiger partial charge < -0.3 is 4.90 Å². The average Bonchev–Trinajstić information content (AvgIpc) is 3.25. The predicted octanol–water partition coefficient (Wildman–Crippen LogP) is 4.75. The summed E-state index contributed by atoms with van der Waals surface area (Å²) in [7, 11) is 2.20. The van der Waals surface area contributed by atoms with Gasteiger partial charge in [-0.1, -0.05) is 36.4 Å². The first-order chi connectivity index (χ1) is 14.7. The first-order valence-electron chi connectivity index (χ1n) is 10.2. The zero-order valence-electron chi connectivity index (χ0n) is 16.7. The Morgan fingerprint density at radius 2 is 1.80 bits per heavy atom. The molecule has 0 fully saturated rings. The molecule has 6 rings (SSSR count). The first kappa shape index (κ1) is 17.3. The van der Waals surface area contributed by atoms with Crippen LogP contribution in [0, 0.1) is 0 Å². The molecular weight excluding hydrogens is 370 g/mol. The topological polar surface area (TPSA) is 57.7 Å². The van der Waals surface area contributed by atoms with E-state index in [9.17, 15) is 0 Å². The molecule has 1 N–H and O–H groups in total. The van der Waals surface area contributed by atoms with Gasteiger partial charge in [0.2, 0.25) is 0 Å². The van der Waals surface area contributed by atoms with Crippen LogP contribution in [0.3, 0.4) is 0 Å². The van der Waals surface area contributed by atoms with Crippen LogP contribution in [0.2, 0.25) is 0 Å². The number of likely N-dealkylation sites (N-methyl/N-ethyl adjacent to an activating group) is 1. The molecule has 3 heterocycles. The molecule has 3 aromatic carbocycles. The van der Waals surface area contributed by atoms with Gasteiger partial charge in [0.15, 0.2) is 0 Å². The van der Waals surface area contributed by atoms with Gasteiger partial charge in [-0.25, -0.2) is 9.97 Å². The molecule has 0 amide bonds. The summed E-state index contributed by atoms with van der Waals surface area (Å²) in [5.41, 5.74) is 8.62. The standard InChI is InChI=1S/C25H21N5/c1-30-13-21-8-16(17-2-4-19-11-26-15-27-24(19)9-17)6-7-22(21)23(14-30)18-3-5-20-12-28-29-25(20)10-18/h2-12,15,23H,13-14H2,1H3,(H,28,29). The van der Waals surface area contributed by atoms with Crippen molar-refractivity contribution in [2.75, 3.05) is 13.6 Å². The first-order valence-corrected chi connectivity index (χ1v) is 10.2. The van der Waals surface area contributed by atoms with Gasteiger partial charge in [-0.15, -0.1) is 0 Å². The second-order valence-electron chi connectivity index (χ2n) is 8.18. The molecule has 1 aliphatic rings. The van der Waals surface area contributed by atoms with Crippen LogP contribution in [0.5, 0.6) is 0 Å². The summed E-state index contributed by atoms with van der Waals surface area (Å²) in [5.74, 6) is 0.352. The molecule has 2 aromatic heterocycles. The van der Waals surface area contributed by atoms with Gasteiger partial charge in [0, 0.05) is 36.0 Å². The van der Waals surface area contributed by atoms with Crippen molar-refractivity contribution in [1.82, 2.24) is 25.1 Å². The van der Waals surface area contributed by atoms with E-state index in [4.69, 9.17) is 0 Å². The van der Waals surface area contributed by atoms with Crippen molar-refractivity contribution in [2.24, 2.45) is 0 Å². The molecule has 1 aliphatic heterocycles. The van der Waals surface area contributed by atoms with Crippen LogP contribution in [-0.2, 0) is 6.54 Å². The van der Waals surface area contributed by atoms with Crippen molar-refractivity contribution < 1.29 is 0 Å². The smallest absolute Gasteiger partial charge is 0.116 e. The third-order valence-electron chi connectivity index (χ3n) is 6.16. The Bertz CT molecular complexity index is 1390. The molecule has 5 heteroatoms. The number of nitrogens with zero attached hydrogens (tertiary/aromatic N) is 4. The van der Waals surface area contributed by atoms with E-state index in [0.717, 1.165) is 34.9 Å². The molecule has 0 saturated heterocycles. The number of nitrogens with one attached hydrogen (secondary N) is 1. The Kier molecular flexibility index (Phi) is 3.89. The Labute approximate surface area is 174 Å². The predicted molar refractivity (Wildman–Crippen MR) is 119 cm³/mol. The summed E-state index contributed by atoms with van der Waals surface area (Å²) in [6.45, 7) is 1.97. The van der Waals surface area contributed by atoms with E-state index in [1.807, 2.05) is 12.4 Å². The van der Waals surface area contributed by atoms with E-state index in [-0.39, 0.29) is 0 Å². The minimum Gasteiger partial charge on any atom is -0.301 e. The maximum atomic E-state index is 4.41. The number of hydrogen-bond acceptors (Lipinski definition) is 4. The highest BCUT2D eigenvalue weighted by atomic mass is 15.1. The monoisotopic (exact) mass is 391 g/mol. The van der Waals surface area contributed by atoms with Gasteiger partial charge in [0.25, 0.3) is 0 Å². The number of benzene rings is 3. The van der Waals surface area contributed by atoms with Crippen LogP contribution in [0.15, 0.2) is 73.3 Å². The lowest BCUT2D eigenvalue weighted by Crippen LogP contribution is -2.31. The molecule has 0 bridgehead atoms. The summed E-state index contributed by atoms with van der Waals surface area (Å²) in [6, 6.07) is 19.9. The number of aromatic amines is 1. The fourth-order valence-corrected chi connectivity index (χ4v) is 4.64. The Hall–Kier alpha value is -3.57. The average molecular weight is 391 g/mol. The Morgan fingerprint density at radius 3 is 2.77 bits per heavy atom. The molecule has 30 heavy (non-hydrogen) atoms. The molecule has 0 radical (unpaired) electrons. The number of hydrogen-bond donors (Lipinski definition) is 1. The van der Waals surface area contributed by atoms with Crippen molar-refractivity contribution >= 4 is 21.8 Å². The number of H-pyrrole nitrogens is 1. The molecular formula is C25H21N5. The lowest BCUT2D eigenvalue weighted by molar-refractivity contribution is 0.295. The molecule has 1 unspecified atom stereocenters. The molecule has 0 spiro atoms. The van der Waals surface area contributed by atoms with Gasteiger partial charge in [0.05, 0.1) is 17.2 Å². The molecule has 0 saturated carbocycles. The third-order valence-corrected chi connectivity index (χ3v) is 6.16. The molecule has 5 nitrogen and oxygen atoms in total. The maximum Gasteiger partial charge on any atom is 0.116 e. The van der Waals surface area contributed by atoms with E-state index in [0.29, 0.717) is 5.92 Å². The molecule has 146 valence electrons. The van der Waals surface area contributed by atoms with Crippen molar-refractivity contribution in [3.63, 3.8) is 0 Å². The summed E-state index contributed by atoms with van der Waals surface area (Å²) in [4.78, 5) is 10.9. The summed E-state index contributed by atoms with van der Waals surface area (Å²) in [5, 5.41) is 9.49. The van der Waals surface area contributed by atoms with Crippen LogP contribution < -0.4 is 0 Å². The summed E-state index contributed by atoms with van der Waals surface area (Å²) < 4.78 is 0. The molecule has 5 aromatic rings. The van der Waals surface area contributed by atoms with Gasteiger partial charge in [0.1, 0.15) is 6.33 Å². The lowest BCUT2D eigenvalue weighted by Gasteiger charge is -2.33. The quantitative estimate of drug-likeness (QED) is 0.472. The highest BCUT2D eigenvalue weighted by Gasteiger charge is 2.25. The van der Waals surface area contributed by atoms with E-state index in [1.165, 1.54) is 27.8 Å². The highest BCUT2D eigenvalue weighted by Crippen LogP contribution is 2.36. The van der Waals surface area contributed by atoms with Crippen molar-refractivity contribution in [3.8, 4) is 11.1 Å².